The van der Waals surface area contributed by atoms with E-state index in [1.54, 1.807) is 0 Å². The zero-order valence-corrected chi connectivity index (χ0v) is 9.46. The van der Waals surface area contributed by atoms with Crippen molar-refractivity contribution < 1.29 is 0 Å². The van der Waals surface area contributed by atoms with Crippen LogP contribution in [-0.2, 0) is 13.1 Å². The van der Waals surface area contributed by atoms with Crippen LogP contribution in [0.1, 0.15) is 16.7 Å². The van der Waals surface area contributed by atoms with Gasteiger partial charge in [0.1, 0.15) is 0 Å². The highest BCUT2D eigenvalue weighted by Crippen LogP contribution is 2.29. The molecule has 1 N–H and O–H groups in total. The summed E-state index contributed by atoms with van der Waals surface area (Å²) in [4.78, 5) is 0. The molecule has 0 spiro atoms. The molecule has 1 nitrogen and oxygen atoms in total. The molecular weight excluding hydrogens is 194 g/mol. The molecule has 2 aromatic rings. The predicted molar refractivity (Wildman–Crippen MR) is 67.2 cm³/mol. The van der Waals surface area contributed by atoms with Gasteiger partial charge in [0, 0.05) is 13.1 Å². The van der Waals surface area contributed by atoms with E-state index in [-0.39, 0.29) is 0 Å². The molecule has 0 amide bonds. The van der Waals surface area contributed by atoms with E-state index in [1.807, 2.05) is 0 Å². The van der Waals surface area contributed by atoms with Gasteiger partial charge in [-0.25, -0.2) is 0 Å². The molecule has 3 rings (SSSR count). The third kappa shape index (κ3) is 1.54. The molecule has 0 radical (unpaired) electrons. The smallest absolute Gasteiger partial charge is 0.0218 e. The van der Waals surface area contributed by atoms with Crippen LogP contribution in [0, 0.1) is 6.92 Å². The van der Waals surface area contributed by atoms with Gasteiger partial charge in [0.25, 0.3) is 0 Å². The fourth-order valence-corrected chi connectivity index (χ4v) is 2.41. The minimum atomic E-state index is 0.999. The van der Waals surface area contributed by atoms with Crippen LogP contribution in [-0.4, -0.2) is 0 Å². The highest BCUT2D eigenvalue weighted by molar-refractivity contribution is 5.69. The fraction of sp³-hybridized carbons (Fsp3) is 0.200. The van der Waals surface area contributed by atoms with Crippen molar-refractivity contribution in [2.24, 2.45) is 0 Å². The summed E-state index contributed by atoms with van der Waals surface area (Å²) in [7, 11) is 0. The van der Waals surface area contributed by atoms with Crippen molar-refractivity contribution in [3.05, 3.63) is 59.2 Å². The Morgan fingerprint density at radius 1 is 1.00 bits per heavy atom. The molecule has 0 atom stereocenters. The molecule has 0 saturated heterocycles. The Morgan fingerprint density at radius 3 is 2.75 bits per heavy atom. The second-order valence-electron chi connectivity index (χ2n) is 4.42. The Labute approximate surface area is 96.1 Å². The van der Waals surface area contributed by atoms with Crippen molar-refractivity contribution in [1.29, 1.82) is 0 Å². The molecule has 0 saturated carbocycles. The summed E-state index contributed by atoms with van der Waals surface area (Å²) < 4.78 is 0. The monoisotopic (exact) mass is 209 g/mol. The van der Waals surface area contributed by atoms with E-state index < -0.39 is 0 Å². The number of aryl methyl sites for hydroxylation is 1. The number of fused-ring (bicyclic) bond motifs is 1. The van der Waals surface area contributed by atoms with Gasteiger partial charge in [0.2, 0.25) is 0 Å². The molecule has 16 heavy (non-hydrogen) atoms. The first-order chi connectivity index (χ1) is 7.84. The SMILES string of the molecule is Cc1cccc(-c2cccc3c2CNC3)c1. The van der Waals surface area contributed by atoms with Crippen LogP contribution in [0.15, 0.2) is 42.5 Å². The third-order valence-corrected chi connectivity index (χ3v) is 3.22. The number of hydrogen-bond acceptors (Lipinski definition) is 1. The van der Waals surface area contributed by atoms with Gasteiger partial charge in [0.15, 0.2) is 0 Å². The first-order valence-corrected chi connectivity index (χ1v) is 5.73. The average molecular weight is 209 g/mol. The molecule has 80 valence electrons. The van der Waals surface area contributed by atoms with Gasteiger partial charge in [-0.3, -0.25) is 0 Å². The maximum absolute atomic E-state index is 3.41. The summed E-state index contributed by atoms with van der Waals surface area (Å²) in [6, 6.07) is 15.3. The molecule has 1 heterocycles. The summed E-state index contributed by atoms with van der Waals surface area (Å²) in [5, 5.41) is 3.41. The van der Waals surface area contributed by atoms with Gasteiger partial charge in [-0.05, 0) is 29.2 Å². The highest BCUT2D eigenvalue weighted by atomic mass is 14.9. The Bertz CT molecular complexity index is 529. The summed E-state index contributed by atoms with van der Waals surface area (Å²) >= 11 is 0. The molecule has 0 unspecified atom stereocenters. The van der Waals surface area contributed by atoms with E-state index in [0.717, 1.165) is 13.1 Å². The topological polar surface area (TPSA) is 12.0 Å². The molecule has 1 aliphatic heterocycles. The Kier molecular flexibility index (Phi) is 2.26. The van der Waals surface area contributed by atoms with Crippen molar-refractivity contribution >= 4 is 0 Å². The maximum atomic E-state index is 3.41. The van der Waals surface area contributed by atoms with Gasteiger partial charge in [-0.15, -0.1) is 0 Å². The zero-order chi connectivity index (χ0) is 11.0. The Balaban J connectivity index is 2.17. The van der Waals surface area contributed by atoms with Crippen molar-refractivity contribution in [1.82, 2.24) is 5.32 Å². The molecule has 0 fully saturated rings. The van der Waals surface area contributed by atoms with Gasteiger partial charge in [-0.2, -0.15) is 0 Å². The van der Waals surface area contributed by atoms with Crippen molar-refractivity contribution in [3.8, 4) is 11.1 Å². The molecule has 0 bridgehead atoms. The second kappa shape index (κ2) is 3.76. The van der Waals surface area contributed by atoms with E-state index >= 15 is 0 Å². The standard InChI is InChI=1S/C15H15N/c1-11-4-2-5-12(8-11)14-7-3-6-13-9-16-10-15(13)14/h2-8,16H,9-10H2,1H3. The van der Waals surface area contributed by atoms with E-state index in [1.165, 1.54) is 27.8 Å². The number of benzene rings is 2. The minimum Gasteiger partial charge on any atom is -0.309 e. The van der Waals surface area contributed by atoms with Crippen LogP contribution >= 0.6 is 0 Å². The third-order valence-electron chi connectivity index (χ3n) is 3.22. The summed E-state index contributed by atoms with van der Waals surface area (Å²) in [6.07, 6.45) is 0. The van der Waals surface area contributed by atoms with Crippen LogP contribution in [0.4, 0.5) is 0 Å². The Hall–Kier alpha value is -1.60. The van der Waals surface area contributed by atoms with E-state index in [0.29, 0.717) is 0 Å². The molecule has 0 aliphatic carbocycles. The van der Waals surface area contributed by atoms with Crippen LogP contribution < -0.4 is 5.32 Å². The average Bonchev–Trinajstić information content (AvgIpc) is 2.76. The maximum Gasteiger partial charge on any atom is 0.0218 e. The van der Waals surface area contributed by atoms with Gasteiger partial charge >= 0.3 is 0 Å². The number of nitrogens with one attached hydrogen (secondary N) is 1. The lowest BCUT2D eigenvalue weighted by Gasteiger charge is -2.08. The molecule has 1 heteroatoms. The molecule has 0 aromatic heterocycles. The number of hydrogen-bond donors (Lipinski definition) is 1. The lowest BCUT2D eigenvalue weighted by Crippen LogP contribution is -2.00. The Morgan fingerprint density at radius 2 is 1.88 bits per heavy atom. The largest absolute Gasteiger partial charge is 0.309 e. The van der Waals surface area contributed by atoms with Crippen LogP contribution in [0.25, 0.3) is 11.1 Å². The normalized spacial score (nSPS) is 13.8. The summed E-state index contributed by atoms with van der Waals surface area (Å²) in [5.41, 5.74) is 6.94. The van der Waals surface area contributed by atoms with Crippen LogP contribution in [0.5, 0.6) is 0 Å². The van der Waals surface area contributed by atoms with Crippen LogP contribution in [0.3, 0.4) is 0 Å². The first-order valence-electron chi connectivity index (χ1n) is 5.73. The molecule has 2 aromatic carbocycles. The second-order valence-corrected chi connectivity index (χ2v) is 4.42. The summed E-state index contributed by atoms with van der Waals surface area (Å²) in [6.45, 7) is 4.15. The fourth-order valence-electron chi connectivity index (χ4n) is 2.41. The van der Waals surface area contributed by atoms with Gasteiger partial charge in [0.05, 0.1) is 0 Å². The highest BCUT2D eigenvalue weighted by Gasteiger charge is 2.14. The minimum absolute atomic E-state index is 0.999. The molecular formula is C15H15N. The van der Waals surface area contributed by atoms with E-state index in [9.17, 15) is 0 Å². The molecule has 1 aliphatic rings. The lowest BCUT2D eigenvalue weighted by molar-refractivity contribution is 0.765. The van der Waals surface area contributed by atoms with E-state index in [4.69, 9.17) is 0 Å². The van der Waals surface area contributed by atoms with Crippen LogP contribution in [0.2, 0.25) is 0 Å². The summed E-state index contributed by atoms with van der Waals surface area (Å²) in [5.74, 6) is 0. The van der Waals surface area contributed by atoms with E-state index in [2.05, 4.69) is 54.7 Å². The first kappa shape index (κ1) is 9.61. The predicted octanol–water partition coefficient (Wildman–Crippen LogP) is 3.27. The quantitative estimate of drug-likeness (QED) is 0.760. The number of rotatable bonds is 1. The lowest BCUT2D eigenvalue weighted by atomic mass is 9.96. The van der Waals surface area contributed by atoms with Crippen molar-refractivity contribution in [2.45, 2.75) is 20.0 Å². The zero-order valence-electron chi connectivity index (χ0n) is 9.46. The van der Waals surface area contributed by atoms with Gasteiger partial charge in [-0.1, -0.05) is 48.0 Å². The van der Waals surface area contributed by atoms with Gasteiger partial charge < -0.3 is 5.32 Å². The van der Waals surface area contributed by atoms with Crippen molar-refractivity contribution in [2.75, 3.05) is 0 Å². The van der Waals surface area contributed by atoms with Crippen molar-refractivity contribution in [3.63, 3.8) is 0 Å².